The van der Waals surface area contributed by atoms with Crippen molar-refractivity contribution in [3.63, 3.8) is 0 Å². The van der Waals surface area contributed by atoms with Gasteiger partial charge in [-0.1, -0.05) is 13.8 Å². The first-order valence-corrected chi connectivity index (χ1v) is 6.64. The summed E-state index contributed by atoms with van der Waals surface area (Å²) in [6.45, 7) is 16.6. The third-order valence-corrected chi connectivity index (χ3v) is 3.70. The van der Waals surface area contributed by atoms with E-state index in [1.807, 2.05) is 27.7 Å². The summed E-state index contributed by atoms with van der Waals surface area (Å²) in [6, 6.07) is 0. The molecular formula is C16H24N2. The molecular weight excluding hydrogens is 220 g/mol. The molecule has 98 valence electrons. The van der Waals surface area contributed by atoms with Crippen molar-refractivity contribution in [2.24, 2.45) is 0 Å². The molecule has 2 heteroatoms. The Morgan fingerprint density at radius 3 is 1.06 bits per heavy atom. The molecule has 1 aromatic heterocycles. The fourth-order valence-corrected chi connectivity index (χ4v) is 2.04. The van der Waals surface area contributed by atoms with Crippen LogP contribution in [0.2, 0.25) is 0 Å². The van der Waals surface area contributed by atoms with Crippen LogP contribution < -0.4 is 0 Å². The second kappa shape index (κ2) is 5.47. The fraction of sp³-hybridized carbons (Fsp3) is 0.500. The van der Waals surface area contributed by atoms with Crippen LogP contribution in [0.25, 0.3) is 11.0 Å². The van der Waals surface area contributed by atoms with Crippen LogP contribution in [0, 0.1) is 41.5 Å². The second-order valence-electron chi connectivity index (χ2n) is 4.59. The average Bonchev–Trinajstić information content (AvgIpc) is 2.38. The van der Waals surface area contributed by atoms with Crippen molar-refractivity contribution >= 4 is 11.0 Å². The molecule has 0 amide bonds. The van der Waals surface area contributed by atoms with E-state index in [2.05, 4.69) is 37.7 Å². The molecule has 2 rings (SSSR count). The van der Waals surface area contributed by atoms with Crippen LogP contribution in [-0.4, -0.2) is 9.97 Å². The third kappa shape index (κ3) is 2.24. The van der Waals surface area contributed by atoms with Crippen LogP contribution in [0.15, 0.2) is 0 Å². The van der Waals surface area contributed by atoms with Crippen molar-refractivity contribution in [1.29, 1.82) is 0 Å². The summed E-state index contributed by atoms with van der Waals surface area (Å²) in [4.78, 5) is 9.35. The van der Waals surface area contributed by atoms with Crippen LogP contribution in [0.4, 0.5) is 0 Å². The molecule has 0 aliphatic carbocycles. The molecule has 2 aromatic rings. The summed E-state index contributed by atoms with van der Waals surface area (Å²) in [6.07, 6.45) is 0. The lowest BCUT2D eigenvalue weighted by molar-refractivity contribution is 1.08. The molecule has 2 nitrogen and oxygen atoms in total. The van der Waals surface area contributed by atoms with E-state index in [1.165, 1.54) is 22.3 Å². The Balaban J connectivity index is 0.000000771. The maximum Gasteiger partial charge on any atom is 0.0924 e. The van der Waals surface area contributed by atoms with Gasteiger partial charge in [-0.2, -0.15) is 0 Å². The van der Waals surface area contributed by atoms with Crippen LogP contribution >= 0.6 is 0 Å². The van der Waals surface area contributed by atoms with Crippen molar-refractivity contribution in [3.8, 4) is 0 Å². The minimum Gasteiger partial charge on any atom is -0.249 e. The molecule has 0 radical (unpaired) electrons. The molecule has 0 spiro atoms. The molecule has 0 N–H and O–H groups in total. The SMILES string of the molecule is CC.Cc1nc2c(C)c(C)c(C)c(C)c2nc1C. The average molecular weight is 244 g/mol. The Morgan fingerprint density at radius 2 is 0.778 bits per heavy atom. The van der Waals surface area contributed by atoms with E-state index in [-0.39, 0.29) is 0 Å². The Bertz CT molecular complexity index is 531. The first-order valence-electron chi connectivity index (χ1n) is 6.64. The maximum absolute atomic E-state index is 4.68. The normalized spacial score (nSPS) is 10.2. The van der Waals surface area contributed by atoms with Gasteiger partial charge in [0.15, 0.2) is 0 Å². The largest absolute Gasteiger partial charge is 0.249 e. The van der Waals surface area contributed by atoms with Crippen molar-refractivity contribution in [1.82, 2.24) is 9.97 Å². The van der Waals surface area contributed by atoms with Gasteiger partial charge < -0.3 is 0 Å². The van der Waals surface area contributed by atoms with Gasteiger partial charge in [-0.3, -0.25) is 0 Å². The molecule has 0 unspecified atom stereocenters. The lowest BCUT2D eigenvalue weighted by Crippen LogP contribution is -2.01. The molecule has 0 aliphatic rings. The number of rotatable bonds is 0. The van der Waals surface area contributed by atoms with Gasteiger partial charge in [-0.25, -0.2) is 9.97 Å². The predicted octanol–water partition coefficient (Wildman–Crippen LogP) is 4.51. The summed E-state index contributed by atoms with van der Waals surface area (Å²) in [5.74, 6) is 0. The van der Waals surface area contributed by atoms with E-state index < -0.39 is 0 Å². The van der Waals surface area contributed by atoms with E-state index >= 15 is 0 Å². The van der Waals surface area contributed by atoms with Gasteiger partial charge in [0.05, 0.1) is 22.4 Å². The summed E-state index contributed by atoms with van der Waals surface area (Å²) >= 11 is 0. The van der Waals surface area contributed by atoms with Crippen molar-refractivity contribution in [3.05, 3.63) is 33.6 Å². The van der Waals surface area contributed by atoms with Crippen LogP contribution in [0.5, 0.6) is 0 Å². The van der Waals surface area contributed by atoms with E-state index in [1.54, 1.807) is 0 Å². The van der Waals surface area contributed by atoms with E-state index in [4.69, 9.17) is 0 Å². The standard InChI is InChI=1S/C14H18N2.C2H6/c1-7-8(2)10(4)14-13(9(7)3)15-11(5)12(6)16-14;1-2/h1-6H3;1-2H3. The summed E-state index contributed by atoms with van der Waals surface area (Å²) in [5, 5.41) is 0. The number of aromatic nitrogens is 2. The van der Waals surface area contributed by atoms with Gasteiger partial charge in [-0.15, -0.1) is 0 Å². The van der Waals surface area contributed by atoms with Gasteiger partial charge >= 0.3 is 0 Å². The van der Waals surface area contributed by atoms with E-state index in [0.29, 0.717) is 0 Å². The van der Waals surface area contributed by atoms with Gasteiger partial charge in [0.1, 0.15) is 0 Å². The molecule has 18 heavy (non-hydrogen) atoms. The number of hydrogen-bond acceptors (Lipinski definition) is 2. The quantitative estimate of drug-likeness (QED) is 0.681. The zero-order valence-corrected chi connectivity index (χ0v) is 12.9. The number of benzene rings is 1. The van der Waals surface area contributed by atoms with Crippen LogP contribution in [-0.2, 0) is 0 Å². The first-order chi connectivity index (χ1) is 8.43. The fourth-order valence-electron chi connectivity index (χ4n) is 2.04. The zero-order chi connectivity index (χ0) is 14.0. The number of nitrogens with zero attached hydrogens (tertiary/aromatic N) is 2. The summed E-state index contributed by atoms with van der Waals surface area (Å²) < 4.78 is 0. The Kier molecular flexibility index (Phi) is 4.44. The van der Waals surface area contributed by atoms with E-state index in [9.17, 15) is 0 Å². The highest BCUT2D eigenvalue weighted by atomic mass is 14.8. The van der Waals surface area contributed by atoms with Crippen molar-refractivity contribution < 1.29 is 0 Å². The second-order valence-corrected chi connectivity index (χ2v) is 4.59. The predicted molar refractivity (Wildman–Crippen MR) is 79.3 cm³/mol. The highest BCUT2D eigenvalue weighted by molar-refractivity contribution is 5.84. The summed E-state index contributed by atoms with van der Waals surface area (Å²) in [5.41, 5.74) is 9.36. The molecule has 0 fully saturated rings. The molecule has 0 saturated heterocycles. The van der Waals surface area contributed by atoms with Crippen molar-refractivity contribution in [2.45, 2.75) is 55.4 Å². The van der Waals surface area contributed by atoms with Crippen molar-refractivity contribution in [2.75, 3.05) is 0 Å². The van der Waals surface area contributed by atoms with Gasteiger partial charge in [0.2, 0.25) is 0 Å². The first kappa shape index (κ1) is 14.6. The summed E-state index contributed by atoms with van der Waals surface area (Å²) in [7, 11) is 0. The Labute approximate surface area is 110 Å². The molecule has 0 bridgehead atoms. The van der Waals surface area contributed by atoms with Crippen LogP contribution in [0.1, 0.15) is 47.5 Å². The zero-order valence-electron chi connectivity index (χ0n) is 12.9. The molecule has 0 aliphatic heterocycles. The highest BCUT2D eigenvalue weighted by Gasteiger charge is 2.12. The number of hydrogen-bond donors (Lipinski definition) is 0. The minimum atomic E-state index is 1.03. The van der Waals surface area contributed by atoms with Gasteiger partial charge in [0, 0.05) is 0 Å². The molecule has 0 saturated carbocycles. The lowest BCUT2D eigenvalue weighted by atomic mass is 9.97. The molecule has 0 atom stereocenters. The van der Waals surface area contributed by atoms with Crippen LogP contribution in [0.3, 0.4) is 0 Å². The lowest BCUT2D eigenvalue weighted by Gasteiger charge is -2.13. The third-order valence-electron chi connectivity index (χ3n) is 3.70. The Morgan fingerprint density at radius 1 is 0.500 bits per heavy atom. The highest BCUT2D eigenvalue weighted by Crippen LogP contribution is 2.26. The maximum atomic E-state index is 4.68. The van der Waals surface area contributed by atoms with Gasteiger partial charge in [0.25, 0.3) is 0 Å². The monoisotopic (exact) mass is 244 g/mol. The van der Waals surface area contributed by atoms with E-state index in [0.717, 1.165) is 22.4 Å². The number of aryl methyl sites for hydroxylation is 4. The van der Waals surface area contributed by atoms with Gasteiger partial charge in [-0.05, 0) is 63.8 Å². The smallest absolute Gasteiger partial charge is 0.0924 e. The topological polar surface area (TPSA) is 25.8 Å². The molecule has 1 aromatic carbocycles. The Hall–Kier alpha value is -1.44. The number of fused-ring (bicyclic) bond motifs is 1. The minimum absolute atomic E-state index is 1.03. The molecule has 1 heterocycles.